The molecule has 2 nitrogen and oxygen atoms in total. The summed E-state index contributed by atoms with van der Waals surface area (Å²) in [4.78, 5) is 2.66. The number of anilines is 2. The molecule has 0 atom stereocenters. The van der Waals surface area contributed by atoms with Gasteiger partial charge in [-0.3, -0.25) is 0 Å². The molecule has 2 saturated carbocycles. The number of rotatable bonds is 5. The van der Waals surface area contributed by atoms with Crippen molar-refractivity contribution in [1.29, 1.82) is 0 Å². The monoisotopic (exact) mass is 356 g/mol. The van der Waals surface area contributed by atoms with Gasteiger partial charge in [0.25, 0.3) is 0 Å². The fraction of sp³-hybridized carbons (Fsp3) is 0.750. The summed E-state index contributed by atoms with van der Waals surface area (Å²) in [7, 11) is 0. The topological polar surface area (TPSA) is 15.3 Å². The van der Waals surface area contributed by atoms with Crippen molar-refractivity contribution in [3.05, 3.63) is 24.3 Å². The van der Waals surface area contributed by atoms with Gasteiger partial charge in [-0.1, -0.05) is 64.2 Å². The minimum absolute atomic E-state index is 0.675. The number of nitrogens with zero attached hydrogens (tertiary/aromatic N) is 1. The van der Waals surface area contributed by atoms with Crippen LogP contribution in [0.15, 0.2) is 24.3 Å². The first kappa shape index (κ1) is 19.6. The zero-order valence-electron chi connectivity index (χ0n) is 17.0. The van der Waals surface area contributed by atoms with Gasteiger partial charge < -0.3 is 10.2 Å². The van der Waals surface area contributed by atoms with E-state index in [2.05, 4.69) is 41.4 Å². The molecule has 0 bridgehead atoms. The van der Waals surface area contributed by atoms with E-state index in [0.717, 1.165) is 12.6 Å². The van der Waals surface area contributed by atoms with Gasteiger partial charge in [-0.25, -0.2) is 0 Å². The molecule has 1 aromatic carbocycles. The van der Waals surface area contributed by atoms with Gasteiger partial charge in [-0.15, -0.1) is 0 Å². The molecule has 2 aliphatic rings. The summed E-state index contributed by atoms with van der Waals surface area (Å²) in [6.45, 7) is 3.44. The Morgan fingerprint density at radius 1 is 0.731 bits per heavy atom. The first-order chi connectivity index (χ1) is 12.9. The smallest absolute Gasteiger partial charge is 0.0370 e. The molecule has 1 N–H and O–H groups in total. The fourth-order valence-corrected chi connectivity index (χ4v) is 4.98. The second-order valence-electron chi connectivity index (χ2n) is 8.52. The second-order valence-corrected chi connectivity index (χ2v) is 8.52. The van der Waals surface area contributed by atoms with Crippen LogP contribution in [0, 0.1) is 0 Å². The standard InChI is InChI=1S/C24H40N2/c1-2-26(23-15-11-7-4-8-12-16-23)24-19-17-22(18-20-24)25-21-13-9-5-3-6-10-14-21/h17-21,23,25H,2-16H2,1H3. The van der Waals surface area contributed by atoms with Crippen LogP contribution in [0.4, 0.5) is 11.4 Å². The summed E-state index contributed by atoms with van der Waals surface area (Å²) in [5.41, 5.74) is 2.73. The van der Waals surface area contributed by atoms with Gasteiger partial charge in [0.15, 0.2) is 0 Å². The van der Waals surface area contributed by atoms with Gasteiger partial charge in [0.05, 0.1) is 0 Å². The van der Waals surface area contributed by atoms with Crippen molar-refractivity contribution in [3.63, 3.8) is 0 Å². The molecule has 0 saturated heterocycles. The van der Waals surface area contributed by atoms with Crippen LogP contribution in [0.2, 0.25) is 0 Å². The minimum atomic E-state index is 0.675. The van der Waals surface area contributed by atoms with E-state index in [9.17, 15) is 0 Å². The zero-order valence-corrected chi connectivity index (χ0v) is 17.0. The molecule has 0 spiro atoms. The third-order valence-electron chi connectivity index (χ3n) is 6.53. The molecular formula is C24H40N2. The summed E-state index contributed by atoms with van der Waals surface area (Å²) in [5.74, 6) is 0. The molecule has 0 unspecified atom stereocenters. The van der Waals surface area contributed by atoms with Crippen LogP contribution in [0.5, 0.6) is 0 Å². The van der Waals surface area contributed by atoms with Crippen molar-refractivity contribution in [2.45, 2.75) is 109 Å². The zero-order chi connectivity index (χ0) is 18.0. The van der Waals surface area contributed by atoms with Crippen LogP contribution in [-0.2, 0) is 0 Å². The van der Waals surface area contributed by atoms with Crippen LogP contribution in [0.25, 0.3) is 0 Å². The van der Waals surface area contributed by atoms with Crippen molar-refractivity contribution in [2.24, 2.45) is 0 Å². The van der Waals surface area contributed by atoms with Crippen LogP contribution >= 0.6 is 0 Å². The second kappa shape index (κ2) is 10.8. The Bertz CT molecular complexity index is 479. The Labute approximate surface area is 161 Å². The van der Waals surface area contributed by atoms with Crippen molar-refractivity contribution < 1.29 is 0 Å². The van der Waals surface area contributed by atoms with Crippen molar-refractivity contribution in [2.75, 3.05) is 16.8 Å². The molecule has 146 valence electrons. The van der Waals surface area contributed by atoms with Gasteiger partial charge in [-0.05, 0) is 56.9 Å². The normalized spacial score (nSPS) is 21.3. The lowest BCUT2D eigenvalue weighted by molar-refractivity contribution is 0.432. The third kappa shape index (κ3) is 5.93. The van der Waals surface area contributed by atoms with E-state index >= 15 is 0 Å². The van der Waals surface area contributed by atoms with Crippen LogP contribution in [-0.4, -0.2) is 18.6 Å². The van der Waals surface area contributed by atoms with Gasteiger partial charge in [0.2, 0.25) is 0 Å². The highest BCUT2D eigenvalue weighted by molar-refractivity contribution is 5.56. The first-order valence-corrected chi connectivity index (χ1v) is 11.5. The largest absolute Gasteiger partial charge is 0.382 e. The molecule has 0 aliphatic heterocycles. The van der Waals surface area contributed by atoms with Crippen LogP contribution in [0.3, 0.4) is 0 Å². The number of hydrogen-bond acceptors (Lipinski definition) is 2. The van der Waals surface area contributed by atoms with E-state index in [1.807, 2.05) is 0 Å². The van der Waals surface area contributed by atoms with E-state index in [0.29, 0.717) is 6.04 Å². The Hall–Kier alpha value is -1.18. The summed E-state index contributed by atoms with van der Waals surface area (Å²) in [6, 6.07) is 10.8. The first-order valence-electron chi connectivity index (χ1n) is 11.5. The third-order valence-corrected chi connectivity index (χ3v) is 6.53. The quantitative estimate of drug-likeness (QED) is 0.602. The molecule has 3 rings (SSSR count). The summed E-state index contributed by atoms with van der Waals surface area (Å²) < 4.78 is 0. The summed E-state index contributed by atoms with van der Waals surface area (Å²) in [5, 5.41) is 3.81. The highest BCUT2D eigenvalue weighted by Crippen LogP contribution is 2.28. The molecule has 1 aromatic rings. The number of hydrogen-bond donors (Lipinski definition) is 1. The maximum Gasteiger partial charge on any atom is 0.0370 e. The van der Waals surface area contributed by atoms with Crippen LogP contribution in [0.1, 0.15) is 96.8 Å². The molecule has 0 amide bonds. The van der Waals surface area contributed by atoms with Crippen LogP contribution < -0.4 is 10.2 Å². The fourth-order valence-electron chi connectivity index (χ4n) is 4.98. The Morgan fingerprint density at radius 3 is 1.77 bits per heavy atom. The SMILES string of the molecule is CCN(c1ccc(NC2CCCCCCC2)cc1)C1CCCCCCC1. The van der Waals surface area contributed by atoms with Gasteiger partial charge in [0.1, 0.15) is 0 Å². The van der Waals surface area contributed by atoms with Crippen molar-refractivity contribution in [3.8, 4) is 0 Å². The highest BCUT2D eigenvalue weighted by Gasteiger charge is 2.19. The molecule has 2 fully saturated rings. The maximum atomic E-state index is 3.81. The lowest BCUT2D eigenvalue weighted by Crippen LogP contribution is -2.35. The van der Waals surface area contributed by atoms with Crippen molar-refractivity contribution >= 4 is 11.4 Å². The van der Waals surface area contributed by atoms with Gasteiger partial charge in [-0.2, -0.15) is 0 Å². The van der Waals surface area contributed by atoms with E-state index in [1.165, 1.54) is 101 Å². The average molecular weight is 357 g/mol. The number of benzene rings is 1. The molecule has 0 radical (unpaired) electrons. The highest BCUT2D eigenvalue weighted by atomic mass is 15.2. The maximum absolute atomic E-state index is 3.81. The van der Waals surface area contributed by atoms with E-state index in [1.54, 1.807) is 0 Å². The average Bonchev–Trinajstić information content (AvgIpc) is 2.60. The molecule has 0 aromatic heterocycles. The van der Waals surface area contributed by atoms with Crippen molar-refractivity contribution in [1.82, 2.24) is 0 Å². The summed E-state index contributed by atoms with van der Waals surface area (Å²) in [6.07, 6.45) is 19.6. The molecule has 0 heterocycles. The predicted octanol–water partition coefficient (Wildman–Crippen LogP) is 7.15. The predicted molar refractivity (Wildman–Crippen MR) is 115 cm³/mol. The lowest BCUT2D eigenvalue weighted by atomic mass is 9.95. The van der Waals surface area contributed by atoms with E-state index in [-0.39, 0.29) is 0 Å². The molecule has 2 heteroatoms. The molecular weight excluding hydrogens is 316 g/mol. The lowest BCUT2D eigenvalue weighted by Gasteiger charge is -2.34. The molecule has 2 aliphatic carbocycles. The summed E-state index contributed by atoms with van der Waals surface area (Å²) >= 11 is 0. The number of nitrogens with one attached hydrogen (secondary N) is 1. The Kier molecular flexibility index (Phi) is 8.17. The van der Waals surface area contributed by atoms with E-state index < -0.39 is 0 Å². The van der Waals surface area contributed by atoms with Gasteiger partial charge in [0, 0.05) is 30.0 Å². The minimum Gasteiger partial charge on any atom is -0.382 e. The van der Waals surface area contributed by atoms with E-state index in [4.69, 9.17) is 0 Å². The Balaban J connectivity index is 1.59. The van der Waals surface area contributed by atoms with Gasteiger partial charge >= 0.3 is 0 Å². The molecule has 26 heavy (non-hydrogen) atoms. The Morgan fingerprint density at radius 2 is 1.23 bits per heavy atom.